The molecule has 2 N–H and O–H groups in total. The minimum absolute atomic E-state index is 0.225. The highest BCUT2D eigenvalue weighted by atomic mass is 16.4. The summed E-state index contributed by atoms with van der Waals surface area (Å²) >= 11 is 0. The van der Waals surface area contributed by atoms with E-state index in [1.165, 1.54) is 0 Å². The van der Waals surface area contributed by atoms with Crippen LogP contribution in [0.5, 0.6) is 0 Å². The number of likely N-dealkylation sites (N-methyl/N-ethyl adjacent to an activating group) is 1. The van der Waals surface area contributed by atoms with E-state index in [1.54, 1.807) is 7.05 Å². The summed E-state index contributed by atoms with van der Waals surface area (Å²) in [6.07, 6.45) is 5.82. The minimum atomic E-state index is -0.891. The predicted molar refractivity (Wildman–Crippen MR) is 43.1 cm³/mol. The Bertz CT molecular complexity index is 171. The normalized spacial score (nSPS) is 15.0. The monoisotopic (exact) mass is 155 g/mol. The van der Waals surface area contributed by atoms with E-state index in [4.69, 9.17) is 11.5 Å². The van der Waals surface area contributed by atoms with Gasteiger partial charge in [-0.25, -0.2) is 0 Å². The molecule has 3 heteroatoms. The summed E-state index contributed by atoms with van der Waals surface area (Å²) in [6, 6.07) is -0.620. The van der Waals surface area contributed by atoms with Gasteiger partial charge in [0.1, 0.15) is 6.04 Å². The second kappa shape index (κ2) is 4.75. The lowest BCUT2D eigenvalue weighted by molar-refractivity contribution is -0.140. The number of hydrogen-bond donors (Lipinski definition) is 2. The number of aliphatic carboxylic acids is 1. The molecule has 0 aromatic carbocycles. The Kier molecular flexibility index (Phi) is 4.32. The van der Waals surface area contributed by atoms with Crippen molar-refractivity contribution in [2.24, 2.45) is 5.92 Å². The third-order valence-corrected chi connectivity index (χ3v) is 1.63. The van der Waals surface area contributed by atoms with Crippen molar-refractivity contribution in [3.05, 3.63) is 0 Å². The fourth-order valence-electron chi connectivity index (χ4n) is 0.947. The molecule has 0 radical (unpaired) electrons. The van der Waals surface area contributed by atoms with Gasteiger partial charge >= 0.3 is 5.97 Å². The first-order valence-corrected chi connectivity index (χ1v) is 3.53. The van der Waals surface area contributed by atoms with Gasteiger partial charge in [-0.05, 0) is 13.5 Å². The van der Waals surface area contributed by atoms with Crippen LogP contribution in [0.2, 0.25) is 0 Å². The van der Waals surface area contributed by atoms with E-state index >= 15 is 0 Å². The van der Waals surface area contributed by atoms with Crippen molar-refractivity contribution in [2.75, 3.05) is 7.05 Å². The Balaban J connectivity index is 4.24. The molecule has 62 valence electrons. The molecule has 0 aliphatic heterocycles. The number of carboxylic acid groups (broad SMARTS) is 1. The van der Waals surface area contributed by atoms with E-state index in [0.717, 1.165) is 0 Å². The number of nitrogens with one attached hydrogen (secondary N) is 1. The van der Waals surface area contributed by atoms with Gasteiger partial charge in [-0.1, -0.05) is 6.92 Å². The van der Waals surface area contributed by atoms with Crippen molar-refractivity contribution in [3.8, 4) is 12.3 Å². The molecule has 0 aliphatic rings. The van der Waals surface area contributed by atoms with Crippen molar-refractivity contribution in [1.29, 1.82) is 0 Å². The predicted octanol–water partition coefficient (Wildman–Crippen LogP) is 0.318. The van der Waals surface area contributed by atoms with Crippen LogP contribution < -0.4 is 5.32 Å². The number of rotatable bonds is 4. The second-order valence-corrected chi connectivity index (χ2v) is 2.29. The molecule has 0 saturated heterocycles. The Hall–Kier alpha value is -1.01. The average Bonchev–Trinajstić information content (AvgIpc) is 1.99. The Labute approximate surface area is 66.8 Å². The van der Waals surface area contributed by atoms with Gasteiger partial charge in [-0.15, -0.1) is 12.3 Å². The highest BCUT2D eigenvalue weighted by molar-refractivity contribution is 5.74. The first kappa shape index (κ1) is 9.99. The molecular weight excluding hydrogens is 142 g/mol. The number of terminal acetylenes is 1. The molecule has 0 unspecified atom stereocenters. The van der Waals surface area contributed by atoms with E-state index in [0.29, 0.717) is 6.42 Å². The molecule has 0 aromatic rings. The molecule has 0 bridgehead atoms. The Morgan fingerprint density at radius 3 is 2.45 bits per heavy atom. The molecule has 0 spiro atoms. The first-order chi connectivity index (χ1) is 5.17. The van der Waals surface area contributed by atoms with Gasteiger partial charge in [0.05, 0.1) is 0 Å². The van der Waals surface area contributed by atoms with Crippen LogP contribution in [0.3, 0.4) is 0 Å². The highest BCUT2D eigenvalue weighted by Crippen LogP contribution is 2.06. The lowest BCUT2D eigenvalue weighted by Gasteiger charge is -2.16. The van der Waals surface area contributed by atoms with Crippen molar-refractivity contribution in [2.45, 2.75) is 19.4 Å². The molecule has 0 rings (SSSR count). The van der Waals surface area contributed by atoms with Gasteiger partial charge in [0, 0.05) is 5.92 Å². The van der Waals surface area contributed by atoms with Crippen LogP contribution >= 0.6 is 0 Å². The summed E-state index contributed by atoms with van der Waals surface area (Å²) in [7, 11) is 1.60. The minimum Gasteiger partial charge on any atom is -0.480 e. The van der Waals surface area contributed by atoms with Gasteiger partial charge in [0.15, 0.2) is 0 Å². The zero-order valence-electron chi connectivity index (χ0n) is 6.79. The van der Waals surface area contributed by atoms with Crippen LogP contribution in [-0.4, -0.2) is 24.2 Å². The first-order valence-electron chi connectivity index (χ1n) is 3.53. The molecule has 3 nitrogen and oxygen atoms in total. The maximum absolute atomic E-state index is 10.5. The summed E-state index contributed by atoms with van der Waals surface area (Å²) in [6.45, 7) is 1.87. The van der Waals surface area contributed by atoms with E-state index in [-0.39, 0.29) is 5.92 Å². The van der Waals surface area contributed by atoms with Gasteiger partial charge in [0.25, 0.3) is 0 Å². The van der Waals surface area contributed by atoms with Crippen LogP contribution in [0.4, 0.5) is 0 Å². The summed E-state index contributed by atoms with van der Waals surface area (Å²) in [5, 5.41) is 11.3. The number of carbonyl (C=O) groups is 1. The molecule has 11 heavy (non-hydrogen) atoms. The SMILES string of the molecule is C#C[C@@H](CC)[C@H](NC)C(=O)O. The lowest BCUT2D eigenvalue weighted by atomic mass is 9.98. The van der Waals surface area contributed by atoms with Gasteiger partial charge in [-0.3, -0.25) is 4.79 Å². The fraction of sp³-hybridized carbons (Fsp3) is 0.625. The molecule has 0 aromatic heterocycles. The average molecular weight is 155 g/mol. The van der Waals surface area contributed by atoms with E-state index in [1.807, 2.05) is 6.92 Å². The van der Waals surface area contributed by atoms with Crippen LogP contribution in [0.25, 0.3) is 0 Å². The molecule has 2 atom stereocenters. The summed E-state index contributed by atoms with van der Waals surface area (Å²) in [5.41, 5.74) is 0. The maximum atomic E-state index is 10.5. The lowest BCUT2D eigenvalue weighted by Crippen LogP contribution is -2.39. The third-order valence-electron chi connectivity index (χ3n) is 1.63. The van der Waals surface area contributed by atoms with Crippen LogP contribution in [0, 0.1) is 18.3 Å². The largest absolute Gasteiger partial charge is 0.480 e. The summed E-state index contributed by atoms with van der Waals surface area (Å²) < 4.78 is 0. The smallest absolute Gasteiger partial charge is 0.321 e. The number of carboxylic acids is 1. The fourth-order valence-corrected chi connectivity index (χ4v) is 0.947. The van der Waals surface area contributed by atoms with E-state index in [2.05, 4.69) is 11.2 Å². The van der Waals surface area contributed by atoms with Crippen molar-refractivity contribution >= 4 is 5.97 Å². The highest BCUT2D eigenvalue weighted by Gasteiger charge is 2.22. The third kappa shape index (κ3) is 2.60. The van der Waals surface area contributed by atoms with Crippen molar-refractivity contribution in [1.82, 2.24) is 5.32 Å². The van der Waals surface area contributed by atoms with Gasteiger partial charge < -0.3 is 10.4 Å². The molecule has 0 saturated carbocycles. The quantitative estimate of drug-likeness (QED) is 0.575. The molecule has 0 amide bonds. The summed E-state index contributed by atoms with van der Waals surface area (Å²) in [4.78, 5) is 10.5. The molecule has 0 heterocycles. The Morgan fingerprint density at radius 1 is 1.82 bits per heavy atom. The maximum Gasteiger partial charge on any atom is 0.321 e. The van der Waals surface area contributed by atoms with Crippen LogP contribution in [-0.2, 0) is 4.79 Å². The van der Waals surface area contributed by atoms with Gasteiger partial charge in [0.2, 0.25) is 0 Å². The van der Waals surface area contributed by atoms with Crippen LogP contribution in [0.1, 0.15) is 13.3 Å². The second-order valence-electron chi connectivity index (χ2n) is 2.29. The molecular formula is C8H13NO2. The van der Waals surface area contributed by atoms with Gasteiger partial charge in [-0.2, -0.15) is 0 Å². The number of hydrogen-bond acceptors (Lipinski definition) is 2. The Morgan fingerprint density at radius 2 is 2.36 bits per heavy atom. The zero-order valence-corrected chi connectivity index (χ0v) is 6.79. The van der Waals surface area contributed by atoms with Crippen molar-refractivity contribution in [3.63, 3.8) is 0 Å². The standard InChI is InChI=1S/C8H13NO2/c1-4-6(5-2)7(9-3)8(10)11/h1,6-7,9H,5H2,2-3H3,(H,10,11)/t6-,7-/m0/s1. The zero-order chi connectivity index (χ0) is 8.85. The molecule has 0 aliphatic carbocycles. The summed E-state index contributed by atoms with van der Waals surface area (Å²) in [5.74, 6) is 1.32. The van der Waals surface area contributed by atoms with Crippen molar-refractivity contribution < 1.29 is 9.90 Å². The molecule has 0 fully saturated rings. The van der Waals surface area contributed by atoms with E-state index in [9.17, 15) is 4.79 Å². The topological polar surface area (TPSA) is 49.3 Å². The van der Waals surface area contributed by atoms with Crippen LogP contribution in [0.15, 0.2) is 0 Å². The van der Waals surface area contributed by atoms with E-state index < -0.39 is 12.0 Å².